The highest BCUT2D eigenvalue weighted by molar-refractivity contribution is 6.42. The quantitative estimate of drug-likeness (QED) is 0.558. The number of nitrogens with one attached hydrogen (secondary N) is 2. The highest BCUT2D eigenvalue weighted by Gasteiger charge is 2.11. The Morgan fingerprint density at radius 2 is 2.04 bits per heavy atom. The number of benzene rings is 1. The first-order valence-electron chi connectivity index (χ1n) is 7.21. The van der Waals surface area contributed by atoms with Crippen molar-refractivity contribution >= 4 is 35.1 Å². The molecule has 1 unspecified atom stereocenters. The average molecular weight is 369 g/mol. The third-order valence-corrected chi connectivity index (χ3v) is 4.09. The number of halogens is 2. The highest BCUT2D eigenvalue weighted by Crippen LogP contribution is 2.25. The number of amides is 1. The Labute approximate surface area is 150 Å². The Kier molecular flexibility index (Phi) is 6.11. The molecule has 2 aromatic rings. The summed E-state index contributed by atoms with van der Waals surface area (Å²) in [4.78, 5) is 15.2. The second kappa shape index (κ2) is 8.08. The maximum absolute atomic E-state index is 11.0. The Morgan fingerprint density at radius 1 is 1.29 bits per heavy atom. The smallest absolute Gasteiger partial charge is 0.284 e. The molecule has 0 aliphatic rings. The van der Waals surface area contributed by atoms with E-state index >= 15 is 0 Å². The van der Waals surface area contributed by atoms with E-state index < -0.39 is 5.91 Å². The van der Waals surface area contributed by atoms with Gasteiger partial charge in [0.25, 0.3) is 5.91 Å². The van der Waals surface area contributed by atoms with E-state index in [1.807, 2.05) is 13.0 Å². The fourth-order valence-corrected chi connectivity index (χ4v) is 2.35. The number of carbonyl (C=O) groups excluding carboxylic acids is 1. The molecule has 0 aliphatic heterocycles. The van der Waals surface area contributed by atoms with E-state index in [1.54, 1.807) is 25.2 Å². The lowest BCUT2D eigenvalue weighted by atomic mass is 10.1. The Balaban J connectivity index is 1.95. The number of furan rings is 1. The summed E-state index contributed by atoms with van der Waals surface area (Å²) in [7, 11) is 1.66. The van der Waals surface area contributed by atoms with E-state index in [0.717, 1.165) is 5.56 Å². The van der Waals surface area contributed by atoms with Crippen molar-refractivity contribution in [1.29, 1.82) is 0 Å². The van der Waals surface area contributed by atoms with Gasteiger partial charge in [-0.1, -0.05) is 29.3 Å². The second-order valence-corrected chi connectivity index (χ2v) is 5.91. The van der Waals surface area contributed by atoms with Gasteiger partial charge in [0.2, 0.25) is 0 Å². The zero-order valence-electron chi connectivity index (χ0n) is 13.3. The highest BCUT2D eigenvalue weighted by atomic mass is 35.5. The van der Waals surface area contributed by atoms with Crippen LogP contribution in [-0.4, -0.2) is 18.9 Å². The molecule has 1 heterocycles. The fourth-order valence-electron chi connectivity index (χ4n) is 2.04. The van der Waals surface area contributed by atoms with Crippen LogP contribution >= 0.6 is 23.2 Å². The summed E-state index contributed by atoms with van der Waals surface area (Å²) < 4.78 is 5.31. The summed E-state index contributed by atoms with van der Waals surface area (Å²) in [6.45, 7) is 2.34. The van der Waals surface area contributed by atoms with Gasteiger partial charge >= 0.3 is 0 Å². The molecule has 1 atom stereocenters. The van der Waals surface area contributed by atoms with Gasteiger partial charge in [0.15, 0.2) is 11.7 Å². The van der Waals surface area contributed by atoms with Gasteiger partial charge in [0.05, 0.1) is 22.6 Å². The summed E-state index contributed by atoms with van der Waals surface area (Å²) in [6, 6.07) is 8.63. The number of rotatable bonds is 5. The first kappa shape index (κ1) is 18.2. The molecular formula is C16H18Cl2N4O2. The molecule has 24 heavy (non-hydrogen) atoms. The van der Waals surface area contributed by atoms with Crippen LogP contribution in [0.15, 0.2) is 39.7 Å². The lowest BCUT2D eigenvalue weighted by Gasteiger charge is -2.18. The standard InChI is InChI=1S/C16H18Cl2N4O2/c1-9(10-3-5-12(17)13(18)7-10)22-16(20-2)21-8-11-4-6-14(24-11)15(19)23/h3-7,9H,8H2,1-2H3,(H2,19,23)(H2,20,21,22). The van der Waals surface area contributed by atoms with Gasteiger partial charge in [0.1, 0.15) is 5.76 Å². The minimum absolute atomic E-state index is 0.0382. The van der Waals surface area contributed by atoms with Crippen LogP contribution in [0.25, 0.3) is 0 Å². The van der Waals surface area contributed by atoms with Gasteiger partial charge in [0, 0.05) is 7.05 Å². The number of nitrogens with zero attached hydrogens (tertiary/aromatic N) is 1. The van der Waals surface area contributed by atoms with Gasteiger partial charge in [-0.3, -0.25) is 9.79 Å². The van der Waals surface area contributed by atoms with E-state index in [2.05, 4.69) is 15.6 Å². The predicted molar refractivity (Wildman–Crippen MR) is 95.4 cm³/mol. The molecule has 0 fully saturated rings. The molecule has 0 radical (unpaired) electrons. The number of aliphatic imine (C=N–C) groups is 1. The van der Waals surface area contributed by atoms with Crippen LogP contribution in [0.5, 0.6) is 0 Å². The molecule has 0 aliphatic carbocycles. The van der Waals surface area contributed by atoms with Crippen molar-refractivity contribution < 1.29 is 9.21 Å². The summed E-state index contributed by atoms with van der Waals surface area (Å²) in [5, 5.41) is 7.34. The van der Waals surface area contributed by atoms with Gasteiger partial charge < -0.3 is 20.8 Å². The van der Waals surface area contributed by atoms with Gasteiger partial charge in [-0.15, -0.1) is 0 Å². The number of carbonyl (C=O) groups is 1. The zero-order valence-corrected chi connectivity index (χ0v) is 14.8. The molecule has 1 amide bonds. The van der Waals surface area contributed by atoms with E-state index in [-0.39, 0.29) is 11.8 Å². The first-order valence-corrected chi connectivity index (χ1v) is 7.97. The fraction of sp³-hybridized carbons (Fsp3) is 0.250. The minimum Gasteiger partial charge on any atom is -0.454 e. The zero-order chi connectivity index (χ0) is 17.7. The summed E-state index contributed by atoms with van der Waals surface area (Å²) >= 11 is 12.0. The molecule has 128 valence electrons. The third-order valence-electron chi connectivity index (χ3n) is 3.36. The lowest BCUT2D eigenvalue weighted by Crippen LogP contribution is -2.38. The number of guanidine groups is 1. The molecular weight excluding hydrogens is 351 g/mol. The predicted octanol–water partition coefficient (Wildman–Crippen LogP) is 3.11. The molecule has 0 saturated heterocycles. The Bertz CT molecular complexity index is 758. The van der Waals surface area contributed by atoms with Crippen molar-refractivity contribution in [3.63, 3.8) is 0 Å². The molecule has 1 aromatic carbocycles. The van der Waals surface area contributed by atoms with Crippen molar-refractivity contribution in [3.05, 3.63) is 57.5 Å². The van der Waals surface area contributed by atoms with Crippen molar-refractivity contribution in [1.82, 2.24) is 10.6 Å². The van der Waals surface area contributed by atoms with E-state index in [1.165, 1.54) is 6.07 Å². The summed E-state index contributed by atoms with van der Waals surface area (Å²) in [5.41, 5.74) is 6.13. The topological polar surface area (TPSA) is 92.6 Å². The third kappa shape index (κ3) is 4.66. The van der Waals surface area contributed by atoms with E-state index in [4.69, 9.17) is 33.4 Å². The van der Waals surface area contributed by atoms with Gasteiger partial charge in [-0.25, -0.2) is 0 Å². The average Bonchev–Trinajstić information content (AvgIpc) is 3.03. The maximum atomic E-state index is 11.0. The molecule has 0 spiro atoms. The molecule has 6 nitrogen and oxygen atoms in total. The van der Waals surface area contributed by atoms with Crippen LogP contribution in [-0.2, 0) is 6.54 Å². The molecule has 1 aromatic heterocycles. The molecule has 4 N–H and O–H groups in total. The molecule has 0 bridgehead atoms. The minimum atomic E-state index is -0.600. The van der Waals surface area contributed by atoms with Crippen LogP contribution in [0.3, 0.4) is 0 Å². The number of hydrogen-bond donors (Lipinski definition) is 3. The van der Waals surface area contributed by atoms with Crippen molar-refractivity contribution in [3.8, 4) is 0 Å². The second-order valence-electron chi connectivity index (χ2n) is 5.10. The van der Waals surface area contributed by atoms with E-state index in [0.29, 0.717) is 28.3 Å². The van der Waals surface area contributed by atoms with Crippen LogP contribution in [0, 0.1) is 0 Å². The summed E-state index contributed by atoms with van der Waals surface area (Å²) in [6.07, 6.45) is 0. The van der Waals surface area contributed by atoms with Gasteiger partial charge in [-0.2, -0.15) is 0 Å². The van der Waals surface area contributed by atoms with E-state index in [9.17, 15) is 4.79 Å². The van der Waals surface area contributed by atoms with Crippen LogP contribution in [0.1, 0.15) is 34.8 Å². The normalized spacial score (nSPS) is 12.8. The monoisotopic (exact) mass is 368 g/mol. The Morgan fingerprint density at radius 3 is 2.62 bits per heavy atom. The molecule has 8 heteroatoms. The lowest BCUT2D eigenvalue weighted by molar-refractivity contribution is 0.0972. The van der Waals surface area contributed by atoms with Crippen molar-refractivity contribution in [2.75, 3.05) is 7.05 Å². The molecule has 2 rings (SSSR count). The molecule has 0 saturated carbocycles. The Hall–Kier alpha value is -2.18. The largest absolute Gasteiger partial charge is 0.454 e. The van der Waals surface area contributed by atoms with Crippen LogP contribution in [0.4, 0.5) is 0 Å². The summed E-state index contributed by atoms with van der Waals surface area (Å²) in [5.74, 6) is 0.676. The maximum Gasteiger partial charge on any atom is 0.284 e. The number of hydrogen-bond acceptors (Lipinski definition) is 3. The van der Waals surface area contributed by atoms with Crippen LogP contribution < -0.4 is 16.4 Å². The number of primary amides is 1. The van der Waals surface area contributed by atoms with Gasteiger partial charge in [-0.05, 0) is 36.8 Å². The van der Waals surface area contributed by atoms with Crippen molar-refractivity contribution in [2.24, 2.45) is 10.7 Å². The van der Waals surface area contributed by atoms with Crippen molar-refractivity contribution in [2.45, 2.75) is 19.5 Å². The van der Waals surface area contributed by atoms with Crippen LogP contribution in [0.2, 0.25) is 10.0 Å². The first-order chi connectivity index (χ1) is 11.4. The number of nitrogens with two attached hydrogens (primary N) is 1. The SMILES string of the molecule is CN=C(NCc1ccc(C(N)=O)o1)NC(C)c1ccc(Cl)c(Cl)c1.